The van der Waals surface area contributed by atoms with Crippen LogP contribution in [0.25, 0.3) is 11.0 Å². The van der Waals surface area contributed by atoms with Crippen molar-refractivity contribution < 1.29 is 19.4 Å². The van der Waals surface area contributed by atoms with Crippen molar-refractivity contribution in [3.8, 4) is 5.75 Å². The Balaban J connectivity index is 1.66. The summed E-state index contributed by atoms with van der Waals surface area (Å²) in [5, 5.41) is 9.89. The van der Waals surface area contributed by atoms with Crippen molar-refractivity contribution in [3.05, 3.63) is 18.2 Å². The Kier molecular flexibility index (Phi) is 4.94. The van der Waals surface area contributed by atoms with Gasteiger partial charge in [-0.15, -0.1) is 0 Å². The maximum Gasteiger partial charge on any atom is 0.326 e. The molecular weight excluding hydrogens is 330 g/mol. The van der Waals surface area contributed by atoms with Crippen LogP contribution >= 0.6 is 11.8 Å². The molecule has 1 atom stereocenters. The van der Waals surface area contributed by atoms with Crippen molar-refractivity contribution in [2.24, 2.45) is 0 Å². The van der Waals surface area contributed by atoms with E-state index in [-0.39, 0.29) is 11.7 Å². The average Bonchev–Trinajstić information content (AvgIpc) is 3.01. The van der Waals surface area contributed by atoms with E-state index in [0.717, 1.165) is 29.6 Å². The number of piperidine rings is 1. The molecule has 0 radical (unpaired) electrons. The highest BCUT2D eigenvalue weighted by Gasteiger charge is 2.31. The quantitative estimate of drug-likeness (QED) is 0.803. The zero-order chi connectivity index (χ0) is 17.1. The number of carboxylic acid groups (broad SMARTS) is 1. The number of rotatable bonds is 5. The lowest BCUT2D eigenvalue weighted by molar-refractivity contribution is -0.150. The van der Waals surface area contributed by atoms with E-state index in [9.17, 15) is 14.7 Å². The van der Waals surface area contributed by atoms with Gasteiger partial charge < -0.3 is 19.7 Å². The van der Waals surface area contributed by atoms with Crippen LogP contribution in [0.3, 0.4) is 0 Å². The van der Waals surface area contributed by atoms with Gasteiger partial charge >= 0.3 is 5.97 Å². The minimum absolute atomic E-state index is 0.162. The van der Waals surface area contributed by atoms with Crippen molar-refractivity contribution in [3.63, 3.8) is 0 Å². The highest BCUT2D eigenvalue weighted by molar-refractivity contribution is 7.99. The predicted molar refractivity (Wildman–Crippen MR) is 90.4 cm³/mol. The van der Waals surface area contributed by atoms with Crippen LogP contribution in [0.1, 0.15) is 19.3 Å². The number of aromatic amines is 1. The van der Waals surface area contributed by atoms with Gasteiger partial charge in [-0.1, -0.05) is 11.8 Å². The number of aromatic nitrogens is 2. The lowest BCUT2D eigenvalue weighted by Gasteiger charge is -2.32. The van der Waals surface area contributed by atoms with Gasteiger partial charge in [0, 0.05) is 12.6 Å². The Labute approximate surface area is 143 Å². The van der Waals surface area contributed by atoms with E-state index >= 15 is 0 Å². The number of carbonyl (C=O) groups excluding carboxylic acids is 1. The van der Waals surface area contributed by atoms with Gasteiger partial charge in [0.05, 0.1) is 23.9 Å². The molecule has 7 nitrogen and oxygen atoms in total. The second-order valence-electron chi connectivity index (χ2n) is 5.65. The third-order valence-electron chi connectivity index (χ3n) is 4.11. The topological polar surface area (TPSA) is 95.5 Å². The summed E-state index contributed by atoms with van der Waals surface area (Å²) in [4.78, 5) is 32.7. The van der Waals surface area contributed by atoms with E-state index in [2.05, 4.69) is 9.97 Å². The average molecular weight is 349 g/mol. The maximum atomic E-state index is 12.4. The number of amides is 1. The fourth-order valence-corrected chi connectivity index (χ4v) is 3.63. The number of nitrogens with one attached hydrogen (secondary N) is 1. The highest BCUT2D eigenvalue weighted by atomic mass is 32.2. The van der Waals surface area contributed by atoms with Gasteiger partial charge in [0.25, 0.3) is 0 Å². The first-order valence-electron chi connectivity index (χ1n) is 7.77. The van der Waals surface area contributed by atoms with E-state index in [4.69, 9.17) is 4.74 Å². The Morgan fingerprint density at radius 1 is 1.46 bits per heavy atom. The third kappa shape index (κ3) is 3.48. The largest absolute Gasteiger partial charge is 0.497 e. The number of hydrogen-bond donors (Lipinski definition) is 2. The standard InChI is InChI=1S/C16H19N3O4S/c1-23-10-5-6-11-12(8-10)18-16(17-11)24-9-14(20)19-7-3-2-4-13(19)15(21)22/h5-6,8,13H,2-4,7,9H2,1H3,(H,17,18)(H,21,22). The molecule has 0 saturated carbocycles. The summed E-state index contributed by atoms with van der Waals surface area (Å²) in [5.74, 6) is -0.189. The van der Waals surface area contributed by atoms with E-state index in [0.29, 0.717) is 18.1 Å². The van der Waals surface area contributed by atoms with Gasteiger partial charge in [-0.3, -0.25) is 4.79 Å². The summed E-state index contributed by atoms with van der Waals surface area (Å²) in [7, 11) is 1.60. The van der Waals surface area contributed by atoms with Crippen molar-refractivity contribution in [1.29, 1.82) is 0 Å². The van der Waals surface area contributed by atoms with E-state index in [1.54, 1.807) is 7.11 Å². The first-order chi connectivity index (χ1) is 11.6. The molecule has 8 heteroatoms. The molecule has 1 saturated heterocycles. The van der Waals surface area contributed by atoms with Crippen LogP contribution in [0, 0.1) is 0 Å². The smallest absolute Gasteiger partial charge is 0.326 e. The van der Waals surface area contributed by atoms with Gasteiger partial charge in [-0.2, -0.15) is 0 Å². The molecule has 0 aliphatic carbocycles. The Morgan fingerprint density at radius 3 is 3.04 bits per heavy atom. The van der Waals surface area contributed by atoms with Gasteiger partial charge in [-0.25, -0.2) is 9.78 Å². The summed E-state index contributed by atoms with van der Waals surface area (Å²) in [5.41, 5.74) is 1.64. The van der Waals surface area contributed by atoms with Gasteiger partial charge in [-0.05, 0) is 31.4 Å². The molecule has 2 heterocycles. The number of nitrogens with zero attached hydrogens (tertiary/aromatic N) is 2. The number of methoxy groups -OCH3 is 1. The second kappa shape index (κ2) is 7.12. The van der Waals surface area contributed by atoms with Crippen LogP contribution in [-0.2, 0) is 9.59 Å². The van der Waals surface area contributed by atoms with Crippen LogP contribution in [0.15, 0.2) is 23.4 Å². The molecule has 3 rings (SSSR count). The number of fused-ring (bicyclic) bond motifs is 1. The molecule has 2 N–H and O–H groups in total. The molecule has 1 aromatic carbocycles. The van der Waals surface area contributed by atoms with Crippen molar-refractivity contribution in [2.75, 3.05) is 19.4 Å². The first-order valence-corrected chi connectivity index (χ1v) is 8.76. The van der Waals surface area contributed by atoms with Crippen LogP contribution in [0.4, 0.5) is 0 Å². The Hall–Kier alpha value is -2.22. The summed E-state index contributed by atoms with van der Waals surface area (Å²) in [6.45, 7) is 0.508. The van der Waals surface area contributed by atoms with Crippen LogP contribution in [0.2, 0.25) is 0 Å². The number of imidazole rings is 1. The van der Waals surface area contributed by atoms with Crippen molar-refractivity contribution >= 4 is 34.7 Å². The Morgan fingerprint density at radius 2 is 2.29 bits per heavy atom. The van der Waals surface area contributed by atoms with Gasteiger partial charge in [0.2, 0.25) is 5.91 Å². The fraction of sp³-hybridized carbons (Fsp3) is 0.438. The predicted octanol–water partition coefficient (Wildman–Crippen LogP) is 2.13. The Bertz CT molecular complexity index is 761. The number of ether oxygens (including phenoxy) is 1. The molecule has 0 spiro atoms. The molecule has 0 bridgehead atoms. The molecule has 1 amide bonds. The first kappa shape index (κ1) is 16.6. The maximum absolute atomic E-state index is 12.4. The number of hydrogen-bond acceptors (Lipinski definition) is 5. The minimum atomic E-state index is -0.927. The lowest BCUT2D eigenvalue weighted by atomic mass is 10.0. The molecule has 1 unspecified atom stereocenters. The SMILES string of the molecule is COc1ccc2nc(SCC(=O)N3CCCCC3C(=O)O)[nH]c2c1. The number of carboxylic acids is 1. The third-order valence-corrected chi connectivity index (χ3v) is 4.97. The van der Waals surface area contributed by atoms with E-state index in [1.165, 1.54) is 16.7 Å². The molecule has 1 aliphatic rings. The molecule has 2 aromatic rings. The van der Waals surface area contributed by atoms with E-state index < -0.39 is 12.0 Å². The van der Waals surface area contributed by atoms with Crippen LogP contribution in [-0.4, -0.2) is 57.3 Å². The zero-order valence-electron chi connectivity index (χ0n) is 13.3. The number of H-pyrrole nitrogens is 1. The molecule has 1 aromatic heterocycles. The monoisotopic (exact) mass is 349 g/mol. The van der Waals surface area contributed by atoms with Crippen LogP contribution < -0.4 is 4.74 Å². The molecule has 1 fully saturated rings. The lowest BCUT2D eigenvalue weighted by Crippen LogP contribution is -2.48. The minimum Gasteiger partial charge on any atom is -0.497 e. The van der Waals surface area contributed by atoms with Gasteiger partial charge in [0.1, 0.15) is 11.8 Å². The number of likely N-dealkylation sites (tertiary alicyclic amines) is 1. The molecule has 1 aliphatic heterocycles. The number of carbonyl (C=O) groups is 2. The summed E-state index contributed by atoms with van der Waals surface area (Å²) < 4.78 is 5.17. The fourth-order valence-electron chi connectivity index (χ4n) is 2.86. The molecule has 24 heavy (non-hydrogen) atoms. The molecular formula is C16H19N3O4S. The summed E-state index contributed by atoms with van der Waals surface area (Å²) >= 11 is 1.28. The van der Waals surface area contributed by atoms with Gasteiger partial charge in [0.15, 0.2) is 5.16 Å². The summed E-state index contributed by atoms with van der Waals surface area (Å²) in [6.07, 6.45) is 2.22. The zero-order valence-corrected chi connectivity index (χ0v) is 14.1. The van der Waals surface area contributed by atoms with Crippen LogP contribution in [0.5, 0.6) is 5.75 Å². The number of aliphatic carboxylic acids is 1. The number of thioether (sulfide) groups is 1. The normalized spacial score (nSPS) is 17.9. The highest BCUT2D eigenvalue weighted by Crippen LogP contribution is 2.24. The number of benzene rings is 1. The molecule has 128 valence electrons. The van der Waals surface area contributed by atoms with E-state index in [1.807, 2.05) is 18.2 Å². The summed E-state index contributed by atoms with van der Waals surface area (Å²) in [6, 6.07) is 4.82. The van der Waals surface area contributed by atoms with Crippen molar-refractivity contribution in [2.45, 2.75) is 30.5 Å². The van der Waals surface area contributed by atoms with Crippen molar-refractivity contribution in [1.82, 2.24) is 14.9 Å². The second-order valence-corrected chi connectivity index (χ2v) is 6.61.